The first kappa shape index (κ1) is 14.9. The van der Waals surface area contributed by atoms with Crippen LogP contribution >= 0.6 is 11.6 Å². The van der Waals surface area contributed by atoms with E-state index in [1.165, 1.54) is 38.5 Å². The minimum absolute atomic E-state index is 0.560. The van der Waals surface area contributed by atoms with E-state index in [4.69, 9.17) is 11.6 Å². The van der Waals surface area contributed by atoms with Gasteiger partial charge in [-0.1, -0.05) is 37.3 Å². The van der Waals surface area contributed by atoms with E-state index < -0.39 is 0 Å². The Balaban J connectivity index is 1.90. The molecule has 1 saturated carbocycles. The van der Waals surface area contributed by atoms with Gasteiger partial charge in [-0.05, 0) is 32.6 Å². The van der Waals surface area contributed by atoms with Crippen molar-refractivity contribution in [1.82, 2.24) is 15.1 Å². The fourth-order valence-corrected chi connectivity index (χ4v) is 3.33. The number of halogens is 1. The zero-order valence-corrected chi connectivity index (χ0v) is 13.1. The summed E-state index contributed by atoms with van der Waals surface area (Å²) < 4.78 is 1.89. The number of rotatable bonds is 4. The first-order valence-corrected chi connectivity index (χ1v) is 7.88. The van der Waals surface area contributed by atoms with Crippen LogP contribution in [0.4, 0.5) is 0 Å². The largest absolute Gasteiger partial charge is 0.308 e. The van der Waals surface area contributed by atoms with Crippen molar-refractivity contribution in [1.29, 1.82) is 0 Å². The van der Waals surface area contributed by atoms with E-state index in [1.54, 1.807) is 0 Å². The molecule has 0 radical (unpaired) electrons. The topological polar surface area (TPSA) is 29.9 Å². The van der Waals surface area contributed by atoms with Gasteiger partial charge in [0.2, 0.25) is 0 Å². The highest BCUT2D eigenvalue weighted by Gasteiger charge is 2.19. The Hall–Kier alpha value is -0.540. The second-order valence-corrected chi connectivity index (χ2v) is 6.27. The molecule has 1 fully saturated rings. The van der Waals surface area contributed by atoms with Crippen molar-refractivity contribution in [2.45, 2.75) is 65.0 Å². The summed E-state index contributed by atoms with van der Waals surface area (Å²) in [5.74, 6) is 0.815. The second-order valence-electron chi connectivity index (χ2n) is 5.89. The average Bonchev–Trinajstić information content (AvgIpc) is 2.62. The van der Waals surface area contributed by atoms with Crippen molar-refractivity contribution in [3.63, 3.8) is 0 Å². The summed E-state index contributed by atoms with van der Waals surface area (Å²) in [4.78, 5) is 0. The minimum atomic E-state index is 0.560. The van der Waals surface area contributed by atoms with Crippen LogP contribution in [0.1, 0.15) is 56.8 Å². The summed E-state index contributed by atoms with van der Waals surface area (Å²) in [5, 5.41) is 8.82. The van der Waals surface area contributed by atoms with Crippen molar-refractivity contribution >= 4 is 11.6 Å². The smallest absolute Gasteiger partial charge is 0.0860 e. The normalized spacial score (nSPS) is 19.4. The van der Waals surface area contributed by atoms with Gasteiger partial charge in [0, 0.05) is 19.6 Å². The number of nitrogens with zero attached hydrogens (tertiary/aromatic N) is 2. The zero-order valence-electron chi connectivity index (χ0n) is 12.4. The maximum Gasteiger partial charge on any atom is 0.0860 e. The van der Waals surface area contributed by atoms with Gasteiger partial charge in [0.1, 0.15) is 0 Å². The molecule has 0 spiro atoms. The molecular weight excluding hydrogens is 258 g/mol. The SMILES string of the molecule is Cc1nn(C)c(CN[C@@H](C)C2CCCCCC2)c1Cl. The highest BCUT2D eigenvalue weighted by Crippen LogP contribution is 2.26. The molecule has 1 aromatic heterocycles. The maximum absolute atomic E-state index is 6.29. The first-order valence-electron chi connectivity index (χ1n) is 7.51. The van der Waals surface area contributed by atoms with E-state index in [9.17, 15) is 0 Å². The van der Waals surface area contributed by atoms with Crippen LogP contribution in [0.5, 0.6) is 0 Å². The van der Waals surface area contributed by atoms with Crippen molar-refractivity contribution in [3.05, 3.63) is 16.4 Å². The molecule has 0 saturated heterocycles. The lowest BCUT2D eigenvalue weighted by Gasteiger charge is -2.23. The summed E-state index contributed by atoms with van der Waals surface area (Å²) >= 11 is 6.29. The summed E-state index contributed by atoms with van der Waals surface area (Å²) in [6, 6.07) is 0.560. The van der Waals surface area contributed by atoms with E-state index in [1.807, 2.05) is 18.7 Å². The molecule has 19 heavy (non-hydrogen) atoms. The van der Waals surface area contributed by atoms with Crippen molar-refractivity contribution in [3.8, 4) is 0 Å². The van der Waals surface area contributed by atoms with Crippen LogP contribution < -0.4 is 5.32 Å². The fourth-order valence-electron chi connectivity index (χ4n) is 3.11. The molecule has 0 aromatic carbocycles. The molecule has 0 amide bonds. The molecule has 3 nitrogen and oxygen atoms in total. The monoisotopic (exact) mass is 283 g/mol. The molecule has 108 valence electrons. The molecule has 1 atom stereocenters. The lowest BCUT2D eigenvalue weighted by Crippen LogP contribution is -2.33. The summed E-state index contributed by atoms with van der Waals surface area (Å²) in [7, 11) is 1.96. The van der Waals surface area contributed by atoms with Crippen LogP contribution in [0.15, 0.2) is 0 Å². The highest BCUT2D eigenvalue weighted by molar-refractivity contribution is 6.31. The summed E-state index contributed by atoms with van der Waals surface area (Å²) in [6.45, 7) is 5.08. The van der Waals surface area contributed by atoms with Crippen LogP contribution in [0, 0.1) is 12.8 Å². The van der Waals surface area contributed by atoms with Crippen LogP contribution in [-0.4, -0.2) is 15.8 Å². The molecule has 0 aliphatic heterocycles. The van der Waals surface area contributed by atoms with Gasteiger partial charge < -0.3 is 5.32 Å². The maximum atomic E-state index is 6.29. The van der Waals surface area contributed by atoms with Crippen LogP contribution in [0.25, 0.3) is 0 Å². The van der Waals surface area contributed by atoms with Gasteiger partial charge in [0.25, 0.3) is 0 Å². The van der Waals surface area contributed by atoms with E-state index in [-0.39, 0.29) is 0 Å². The lowest BCUT2D eigenvalue weighted by molar-refractivity contribution is 0.334. The third-order valence-corrected chi connectivity index (χ3v) is 4.95. The Labute approximate surface area is 121 Å². The first-order chi connectivity index (χ1) is 9.09. The van der Waals surface area contributed by atoms with Gasteiger partial charge in [-0.25, -0.2) is 0 Å². The number of aromatic nitrogens is 2. The Morgan fingerprint density at radius 3 is 2.47 bits per heavy atom. The molecule has 4 heteroatoms. The predicted octanol–water partition coefficient (Wildman–Crippen LogP) is 3.83. The zero-order chi connectivity index (χ0) is 13.8. The Bertz CT molecular complexity index is 406. The molecule has 2 rings (SSSR count). The molecule has 1 aliphatic carbocycles. The van der Waals surface area contributed by atoms with Crippen molar-refractivity contribution in [2.24, 2.45) is 13.0 Å². The third-order valence-electron chi connectivity index (χ3n) is 4.46. The van der Waals surface area contributed by atoms with Gasteiger partial charge in [0.15, 0.2) is 0 Å². The summed E-state index contributed by atoms with van der Waals surface area (Å²) in [5.41, 5.74) is 2.02. The number of nitrogens with one attached hydrogen (secondary N) is 1. The third kappa shape index (κ3) is 3.73. The van der Waals surface area contributed by atoms with Crippen molar-refractivity contribution < 1.29 is 0 Å². The van der Waals surface area contributed by atoms with E-state index in [0.29, 0.717) is 6.04 Å². The van der Waals surface area contributed by atoms with Crippen LogP contribution in [-0.2, 0) is 13.6 Å². The van der Waals surface area contributed by atoms with Crippen LogP contribution in [0.2, 0.25) is 5.02 Å². The fraction of sp³-hybridized carbons (Fsp3) is 0.800. The molecule has 0 bridgehead atoms. The lowest BCUT2D eigenvalue weighted by atomic mass is 9.93. The van der Waals surface area contributed by atoms with Gasteiger partial charge in [-0.3, -0.25) is 4.68 Å². The Kier molecular flexibility index (Phi) is 5.28. The molecule has 1 aromatic rings. The highest BCUT2D eigenvalue weighted by atomic mass is 35.5. The Morgan fingerprint density at radius 2 is 1.95 bits per heavy atom. The van der Waals surface area contributed by atoms with E-state index in [2.05, 4.69) is 17.3 Å². The van der Waals surface area contributed by atoms with Crippen LogP contribution in [0.3, 0.4) is 0 Å². The van der Waals surface area contributed by atoms with Gasteiger partial charge in [0.05, 0.1) is 16.4 Å². The number of aryl methyl sites for hydroxylation is 2. The number of hydrogen-bond acceptors (Lipinski definition) is 2. The van der Waals surface area contributed by atoms with Gasteiger partial charge >= 0.3 is 0 Å². The van der Waals surface area contributed by atoms with Gasteiger partial charge in [-0.15, -0.1) is 0 Å². The second kappa shape index (κ2) is 6.76. The van der Waals surface area contributed by atoms with E-state index in [0.717, 1.165) is 28.9 Å². The Morgan fingerprint density at radius 1 is 1.32 bits per heavy atom. The quantitative estimate of drug-likeness (QED) is 0.851. The van der Waals surface area contributed by atoms with Gasteiger partial charge in [-0.2, -0.15) is 5.10 Å². The molecule has 1 heterocycles. The summed E-state index contributed by atoms with van der Waals surface area (Å²) in [6.07, 6.45) is 8.34. The van der Waals surface area contributed by atoms with E-state index >= 15 is 0 Å². The number of hydrogen-bond donors (Lipinski definition) is 1. The molecule has 1 aliphatic rings. The molecule has 0 unspecified atom stereocenters. The molecular formula is C15H26ClN3. The van der Waals surface area contributed by atoms with Crippen molar-refractivity contribution in [2.75, 3.05) is 0 Å². The predicted molar refractivity (Wildman–Crippen MR) is 80.4 cm³/mol. The standard InChI is InChI=1S/C15H26ClN3/c1-11(13-8-6-4-5-7-9-13)17-10-14-15(16)12(2)18-19(14)3/h11,13,17H,4-10H2,1-3H3/t11-/m0/s1. The average molecular weight is 284 g/mol. The minimum Gasteiger partial charge on any atom is -0.308 e. The molecule has 1 N–H and O–H groups in total.